The number of rotatable bonds is 2. The van der Waals surface area contributed by atoms with Crippen molar-refractivity contribution in [1.29, 1.82) is 5.26 Å². The van der Waals surface area contributed by atoms with Gasteiger partial charge in [-0.05, 0) is 18.4 Å². The molecule has 0 fully saturated rings. The molecule has 2 rings (SSSR count). The van der Waals surface area contributed by atoms with Crippen molar-refractivity contribution in [2.45, 2.75) is 33.7 Å². The van der Waals surface area contributed by atoms with E-state index in [1.165, 1.54) is 0 Å². The maximum Gasteiger partial charge on any atom is 0.103 e. The molecule has 1 atom stereocenters. The monoisotopic (exact) mass is 267 g/mol. The highest BCUT2D eigenvalue weighted by Crippen LogP contribution is 2.33. The van der Waals surface area contributed by atoms with Crippen molar-refractivity contribution < 1.29 is 0 Å². The van der Waals surface area contributed by atoms with Crippen LogP contribution >= 0.6 is 0 Å². The van der Waals surface area contributed by atoms with Gasteiger partial charge in [0, 0.05) is 24.7 Å². The van der Waals surface area contributed by atoms with Gasteiger partial charge in [-0.25, -0.2) is 0 Å². The lowest BCUT2D eigenvalue weighted by Crippen LogP contribution is -2.39. The topological polar surface area (TPSA) is 39.9 Å². The molecule has 0 aliphatic heterocycles. The van der Waals surface area contributed by atoms with Crippen LogP contribution in [0.4, 0.5) is 5.69 Å². The summed E-state index contributed by atoms with van der Waals surface area (Å²) in [4.78, 5) is 6.56. The summed E-state index contributed by atoms with van der Waals surface area (Å²) in [6.07, 6.45) is 1.67. The molecule has 3 nitrogen and oxygen atoms in total. The summed E-state index contributed by atoms with van der Waals surface area (Å²) in [6, 6.07) is 10.6. The third-order valence-electron chi connectivity index (χ3n) is 4.05. The summed E-state index contributed by atoms with van der Waals surface area (Å²) in [7, 11) is 2.05. The maximum atomic E-state index is 9.39. The van der Waals surface area contributed by atoms with Crippen LogP contribution in [-0.4, -0.2) is 18.1 Å². The van der Waals surface area contributed by atoms with Gasteiger partial charge in [0.1, 0.15) is 6.07 Å². The van der Waals surface area contributed by atoms with Crippen molar-refractivity contribution in [2.24, 2.45) is 5.41 Å². The third-order valence-corrected chi connectivity index (χ3v) is 4.05. The number of nitriles is 1. The van der Waals surface area contributed by atoms with Crippen LogP contribution in [-0.2, 0) is 0 Å². The van der Waals surface area contributed by atoms with Crippen molar-refractivity contribution in [3.05, 3.63) is 36.0 Å². The second kappa shape index (κ2) is 5.13. The number of anilines is 1. The van der Waals surface area contributed by atoms with Crippen LogP contribution in [0.2, 0.25) is 0 Å². The number of para-hydroxylation sites is 1. The molecule has 1 heterocycles. The lowest BCUT2D eigenvalue weighted by atomic mass is 9.86. The zero-order valence-electron chi connectivity index (χ0n) is 12.8. The molecule has 1 unspecified atom stereocenters. The SMILES string of the molecule is CC(N(C)c1c(C#N)cnc2ccccc12)C(C)(C)C. The Morgan fingerprint density at radius 1 is 1.25 bits per heavy atom. The highest BCUT2D eigenvalue weighted by Gasteiger charge is 2.26. The minimum Gasteiger partial charge on any atom is -0.370 e. The van der Waals surface area contributed by atoms with E-state index in [1.807, 2.05) is 24.3 Å². The van der Waals surface area contributed by atoms with Crippen LogP contribution in [0.3, 0.4) is 0 Å². The van der Waals surface area contributed by atoms with Crippen LogP contribution < -0.4 is 4.90 Å². The van der Waals surface area contributed by atoms with E-state index < -0.39 is 0 Å². The second-order valence-corrected chi connectivity index (χ2v) is 6.30. The molecule has 0 N–H and O–H groups in total. The first kappa shape index (κ1) is 14.3. The van der Waals surface area contributed by atoms with Crippen LogP contribution in [0, 0.1) is 16.7 Å². The predicted octanol–water partition coefficient (Wildman–Crippen LogP) is 3.98. The third kappa shape index (κ3) is 2.46. The van der Waals surface area contributed by atoms with Gasteiger partial charge >= 0.3 is 0 Å². The summed E-state index contributed by atoms with van der Waals surface area (Å²) in [5.74, 6) is 0. The Kier molecular flexibility index (Phi) is 3.67. The summed E-state index contributed by atoms with van der Waals surface area (Å²) in [5.41, 5.74) is 2.66. The first-order chi connectivity index (χ1) is 9.36. The van der Waals surface area contributed by atoms with Crippen molar-refractivity contribution in [2.75, 3.05) is 11.9 Å². The average molecular weight is 267 g/mol. The summed E-state index contributed by atoms with van der Waals surface area (Å²) >= 11 is 0. The normalized spacial score (nSPS) is 13.0. The molecule has 0 spiro atoms. The molecule has 0 bridgehead atoms. The van der Waals surface area contributed by atoms with E-state index >= 15 is 0 Å². The Bertz CT molecular complexity index is 662. The van der Waals surface area contributed by atoms with Crippen LogP contribution in [0.25, 0.3) is 10.9 Å². The van der Waals surface area contributed by atoms with Gasteiger partial charge in [0.05, 0.1) is 16.8 Å². The van der Waals surface area contributed by atoms with E-state index in [0.717, 1.165) is 16.6 Å². The quantitative estimate of drug-likeness (QED) is 0.826. The zero-order valence-corrected chi connectivity index (χ0v) is 12.8. The Morgan fingerprint density at radius 2 is 1.90 bits per heavy atom. The van der Waals surface area contributed by atoms with Crippen molar-refractivity contribution in [3.63, 3.8) is 0 Å². The second-order valence-electron chi connectivity index (χ2n) is 6.30. The highest BCUT2D eigenvalue weighted by molar-refractivity contribution is 5.94. The lowest BCUT2D eigenvalue weighted by molar-refractivity contribution is 0.330. The molecule has 0 saturated carbocycles. The first-order valence-corrected chi connectivity index (χ1v) is 6.87. The number of nitrogens with zero attached hydrogens (tertiary/aromatic N) is 3. The van der Waals surface area contributed by atoms with Crippen LogP contribution in [0.1, 0.15) is 33.3 Å². The van der Waals surface area contributed by atoms with E-state index in [9.17, 15) is 5.26 Å². The van der Waals surface area contributed by atoms with Crippen molar-refractivity contribution in [1.82, 2.24) is 4.98 Å². The molecule has 104 valence electrons. The predicted molar refractivity (Wildman–Crippen MR) is 83.8 cm³/mol. The number of benzene rings is 1. The molecular weight excluding hydrogens is 246 g/mol. The van der Waals surface area contributed by atoms with Crippen LogP contribution in [0.15, 0.2) is 30.5 Å². The molecule has 0 radical (unpaired) electrons. The number of aromatic nitrogens is 1. The molecule has 0 amide bonds. The molecule has 0 aliphatic carbocycles. The Balaban J connectivity index is 2.66. The number of pyridine rings is 1. The summed E-state index contributed by atoms with van der Waals surface area (Å²) in [6.45, 7) is 8.83. The largest absolute Gasteiger partial charge is 0.370 e. The van der Waals surface area contributed by atoms with Gasteiger partial charge in [0.25, 0.3) is 0 Å². The molecule has 20 heavy (non-hydrogen) atoms. The van der Waals surface area contributed by atoms with Gasteiger partial charge in [-0.1, -0.05) is 39.0 Å². The highest BCUT2D eigenvalue weighted by atomic mass is 15.1. The number of hydrogen-bond donors (Lipinski definition) is 0. The van der Waals surface area contributed by atoms with Crippen molar-refractivity contribution >= 4 is 16.6 Å². The van der Waals surface area contributed by atoms with Crippen LogP contribution in [0.5, 0.6) is 0 Å². The summed E-state index contributed by atoms with van der Waals surface area (Å²) in [5, 5.41) is 10.4. The molecule has 1 aromatic heterocycles. The van der Waals surface area contributed by atoms with Gasteiger partial charge in [-0.2, -0.15) is 5.26 Å². The molecule has 3 heteroatoms. The fraction of sp³-hybridized carbons (Fsp3) is 0.412. The molecular formula is C17H21N3. The summed E-state index contributed by atoms with van der Waals surface area (Å²) < 4.78 is 0. The minimum absolute atomic E-state index is 0.131. The van der Waals surface area contributed by atoms with E-state index in [-0.39, 0.29) is 5.41 Å². The molecule has 1 aromatic carbocycles. The van der Waals surface area contributed by atoms with Gasteiger partial charge in [-0.3, -0.25) is 4.98 Å². The molecule has 0 saturated heterocycles. The van der Waals surface area contributed by atoms with Crippen molar-refractivity contribution in [3.8, 4) is 6.07 Å². The van der Waals surface area contributed by atoms with Gasteiger partial charge in [0.15, 0.2) is 0 Å². The lowest BCUT2D eigenvalue weighted by Gasteiger charge is -2.37. The first-order valence-electron chi connectivity index (χ1n) is 6.87. The van der Waals surface area contributed by atoms with Gasteiger partial charge < -0.3 is 4.90 Å². The standard InChI is InChI=1S/C17H21N3/c1-12(17(2,3)4)20(5)16-13(10-18)11-19-15-9-7-6-8-14(15)16/h6-9,11-12H,1-5H3. The molecule has 2 aromatic rings. The minimum atomic E-state index is 0.131. The fourth-order valence-electron chi connectivity index (χ4n) is 2.36. The van der Waals surface area contributed by atoms with E-state index in [0.29, 0.717) is 11.6 Å². The fourth-order valence-corrected chi connectivity index (χ4v) is 2.36. The molecule has 0 aliphatic rings. The van der Waals surface area contributed by atoms with E-state index in [1.54, 1.807) is 6.20 Å². The van der Waals surface area contributed by atoms with E-state index in [2.05, 4.69) is 50.7 Å². The van der Waals surface area contributed by atoms with Gasteiger partial charge in [-0.15, -0.1) is 0 Å². The maximum absolute atomic E-state index is 9.39. The Morgan fingerprint density at radius 3 is 2.50 bits per heavy atom. The van der Waals surface area contributed by atoms with E-state index in [4.69, 9.17) is 0 Å². The van der Waals surface area contributed by atoms with Gasteiger partial charge in [0.2, 0.25) is 0 Å². The zero-order chi connectivity index (χ0) is 14.9. The Hall–Kier alpha value is -2.08. The Labute approximate surface area is 120 Å². The number of hydrogen-bond acceptors (Lipinski definition) is 3. The average Bonchev–Trinajstić information content (AvgIpc) is 2.43. The smallest absolute Gasteiger partial charge is 0.103 e. The number of fused-ring (bicyclic) bond motifs is 1.